The lowest BCUT2D eigenvalue weighted by atomic mass is 9.80. The highest BCUT2D eigenvalue weighted by Gasteiger charge is 2.24. The number of aromatic nitrogens is 2. The third-order valence-corrected chi connectivity index (χ3v) is 4.08. The second kappa shape index (κ2) is 5.67. The molecule has 17 heavy (non-hydrogen) atoms. The van der Waals surface area contributed by atoms with Gasteiger partial charge in [0.15, 0.2) is 0 Å². The standard InChI is InChI=1S/C14H25N3/c1-4-17-13(7-8-16-17)10-15-14-6-5-11(2)9-12(14)3/h7-8,11-12,14-15H,4-6,9-10H2,1-3H3. The summed E-state index contributed by atoms with van der Waals surface area (Å²) in [5.41, 5.74) is 1.30. The minimum Gasteiger partial charge on any atom is -0.308 e. The molecule has 1 heterocycles. The van der Waals surface area contributed by atoms with E-state index in [2.05, 4.69) is 41.9 Å². The van der Waals surface area contributed by atoms with E-state index in [1.165, 1.54) is 25.0 Å². The van der Waals surface area contributed by atoms with Crippen LogP contribution in [0.2, 0.25) is 0 Å². The summed E-state index contributed by atoms with van der Waals surface area (Å²) >= 11 is 0. The molecule has 2 rings (SSSR count). The highest BCUT2D eigenvalue weighted by atomic mass is 15.3. The van der Waals surface area contributed by atoms with Crippen LogP contribution >= 0.6 is 0 Å². The van der Waals surface area contributed by atoms with Gasteiger partial charge in [0.25, 0.3) is 0 Å². The van der Waals surface area contributed by atoms with Gasteiger partial charge in [-0.2, -0.15) is 5.10 Å². The van der Waals surface area contributed by atoms with E-state index in [1.54, 1.807) is 0 Å². The lowest BCUT2D eigenvalue weighted by Crippen LogP contribution is -2.39. The van der Waals surface area contributed by atoms with E-state index < -0.39 is 0 Å². The van der Waals surface area contributed by atoms with Crippen LogP contribution < -0.4 is 5.32 Å². The molecule has 0 aromatic carbocycles. The van der Waals surface area contributed by atoms with E-state index in [1.807, 2.05) is 6.20 Å². The monoisotopic (exact) mass is 235 g/mol. The molecule has 1 aromatic rings. The fraction of sp³-hybridized carbons (Fsp3) is 0.786. The van der Waals surface area contributed by atoms with Crippen LogP contribution in [-0.2, 0) is 13.1 Å². The van der Waals surface area contributed by atoms with E-state index in [0.29, 0.717) is 6.04 Å². The highest BCUT2D eigenvalue weighted by Crippen LogP contribution is 2.28. The van der Waals surface area contributed by atoms with Gasteiger partial charge in [-0.1, -0.05) is 13.8 Å². The molecule has 1 N–H and O–H groups in total. The first-order valence-corrected chi connectivity index (χ1v) is 6.94. The first-order valence-electron chi connectivity index (χ1n) is 6.94. The molecular weight excluding hydrogens is 210 g/mol. The molecule has 3 nitrogen and oxygen atoms in total. The van der Waals surface area contributed by atoms with Crippen molar-refractivity contribution in [2.45, 2.75) is 59.2 Å². The van der Waals surface area contributed by atoms with Crippen molar-refractivity contribution in [1.82, 2.24) is 15.1 Å². The Balaban J connectivity index is 1.86. The predicted molar refractivity (Wildman–Crippen MR) is 70.7 cm³/mol. The normalized spacial score (nSPS) is 29.5. The van der Waals surface area contributed by atoms with Crippen LogP contribution in [0.5, 0.6) is 0 Å². The van der Waals surface area contributed by atoms with Crippen molar-refractivity contribution in [3.05, 3.63) is 18.0 Å². The van der Waals surface area contributed by atoms with Crippen molar-refractivity contribution in [2.75, 3.05) is 0 Å². The van der Waals surface area contributed by atoms with E-state index >= 15 is 0 Å². The highest BCUT2D eigenvalue weighted by molar-refractivity contribution is 5.00. The van der Waals surface area contributed by atoms with Gasteiger partial charge >= 0.3 is 0 Å². The van der Waals surface area contributed by atoms with E-state index in [-0.39, 0.29) is 0 Å². The Hall–Kier alpha value is -0.830. The van der Waals surface area contributed by atoms with Crippen molar-refractivity contribution in [3.8, 4) is 0 Å². The number of hydrogen-bond donors (Lipinski definition) is 1. The molecule has 1 aliphatic carbocycles. The van der Waals surface area contributed by atoms with Crippen molar-refractivity contribution in [3.63, 3.8) is 0 Å². The molecule has 0 saturated heterocycles. The van der Waals surface area contributed by atoms with Crippen LogP contribution in [0, 0.1) is 11.8 Å². The zero-order chi connectivity index (χ0) is 12.3. The molecule has 3 atom stereocenters. The maximum atomic E-state index is 4.31. The summed E-state index contributed by atoms with van der Waals surface area (Å²) in [6.45, 7) is 8.81. The third kappa shape index (κ3) is 3.09. The van der Waals surface area contributed by atoms with Gasteiger partial charge in [-0.25, -0.2) is 0 Å². The minimum atomic E-state index is 0.686. The van der Waals surface area contributed by atoms with Crippen LogP contribution in [0.4, 0.5) is 0 Å². The van der Waals surface area contributed by atoms with Gasteiger partial charge in [0.2, 0.25) is 0 Å². The number of hydrogen-bond acceptors (Lipinski definition) is 2. The number of nitrogens with one attached hydrogen (secondary N) is 1. The first-order chi connectivity index (χ1) is 8.20. The molecule has 1 aromatic heterocycles. The molecule has 3 unspecified atom stereocenters. The minimum absolute atomic E-state index is 0.686. The number of nitrogens with zero attached hydrogens (tertiary/aromatic N) is 2. The Kier molecular flexibility index (Phi) is 4.21. The molecule has 0 aliphatic heterocycles. The van der Waals surface area contributed by atoms with Crippen molar-refractivity contribution < 1.29 is 0 Å². The van der Waals surface area contributed by atoms with Crippen molar-refractivity contribution >= 4 is 0 Å². The van der Waals surface area contributed by atoms with Crippen molar-refractivity contribution in [1.29, 1.82) is 0 Å². The van der Waals surface area contributed by atoms with Gasteiger partial charge in [-0.15, -0.1) is 0 Å². The van der Waals surface area contributed by atoms with Gasteiger partial charge in [0.05, 0.1) is 5.69 Å². The quantitative estimate of drug-likeness (QED) is 0.869. The third-order valence-electron chi connectivity index (χ3n) is 4.08. The number of aryl methyl sites for hydroxylation is 1. The molecule has 0 radical (unpaired) electrons. The summed E-state index contributed by atoms with van der Waals surface area (Å²) in [6.07, 6.45) is 5.95. The fourth-order valence-electron chi connectivity index (χ4n) is 3.00. The summed E-state index contributed by atoms with van der Waals surface area (Å²) < 4.78 is 2.07. The van der Waals surface area contributed by atoms with Crippen LogP contribution in [0.25, 0.3) is 0 Å². The molecule has 0 spiro atoms. The van der Waals surface area contributed by atoms with Crippen molar-refractivity contribution in [2.24, 2.45) is 11.8 Å². The smallest absolute Gasteiger partial charge is 0.0522 e. The summed E-state index contributed by atoms with van der Waals surface area (Å²) in [5.74, 6) is 1.71. The maximum absolute atomic E-state index is 4.31. The van der Waals surface area contributed by atoms with Gasteiger partial charge in [0.1, 0.15) is 0 Å². The number of rotatable bonds is 4. The molecule has 1 fully saturated rings. The SMILES string of the molecule is CCn1nccc1CNC1CCC(C)CC1C. The molecule has 1 saturated carbocycles. The van der Waals surface area contributed by atoms with E-state index in [9.17, 15) is 0 Å². The largest absolute Gasteiger partial charge is 0.308 e. The fourth-order valence-corrected chi connectivity index (χ4v) is 3.00. The molecule has 0 bridgehead atoms. The average Bonchev–Trinajstić information content (AvgIpc) is 2.75. The van der Waals surface area contributed by atoms with Gasteiger partial charge < -0.3 is 5.32 Å². The Morgan fingerprint density at radius 1 is 1.41 bits per heavy atom. The molecule has 96 valence electrons. The first kappa shape index (κ1) is 12.6. The molecular formula is C14H25N3. The average molecular weight is 235 g/mol. The predicted octanol–water partition coefficient (Wildman–Crippen LogP) is 2.82. The Morgan fingerprint density at radius 2 is 2.24 bits per heavy atom. The second-order valence-corrected chi connectivity index (χ2v) is 5.52. The summed E-state index contributed by atoms with van der Waals surface area (Å²) in [7, 11) is 0. The van der Waals surface area contributed by atoms with Crippen LogP contribution in [-0.4, -0.2) is 15.8 Å². The summed E-state index contributed by atoms with van der Waals surface area (Å²) in [6, 6.07) is 2.80. The zero-order valence-electron chi connectivity index (χ0n) is 11.3. The molecule has 0 amide bonds. The van der Waals surface area contributed by atoms with Gasteiger partial charge in [-0.3, -0.25) is 4.68 Å². The van der Waals surface area contributed by atoms with E-state index in [4.69, 9.17) is 0 Å². The van der Waals surface area contributed by atoms with Crippen LogP contribution in [0.1, 0.15) is 45.7 Å². The second-order valence-electron chi connectivity index (χ2n) is 5.52. The summed E-state index contributed by atoms with van der Waals surface area (Å²) in [4.78, 5) is 0. The Morgan fingerprint density at radius 3 is 2.94 bits per heavy atom. The van der Waals surface area contributed by atoms with E-state index in [0.717, 1.165) is 24.9 Å². The maximum Gasteiger partial charge on any atom is 0.0522 e. The topological polar surface area (TPSA) is 29.9 Å². The van der Waals surface area contributed by atoms with Gasteiger partial charge in [0, 0.05) is 25.3 Å². The molecule has 1 aliphatic rings. The molecule has 3 heteroatoms. The zero-order valence-corrected chi connectivity index (χ0v) is 11.3. The lowest BCUT2D eigenvalue weighted by Gasteiger charge is -2.33. The van der Waals surface area contributed by atoms with Crippen LogP contribution in [0.3, 0.4) is 0 Å². The lowest BCUT2D eigenvalue weighted by molar-refractivity contribution is 0.226. The van der Waals surface area contributed by atoms with Crippen LogP contribution in [0.15, 0.2) is 12.3 Å². The summed E-state index contributed by atoms with van der Waals surface area (Å²) in [5, 5.41) is 8.01. The Bertz CT molecular complexity index is 345. The Labute approximate surface area is 105 Å². The van der Waals surface area contributed by atoms with Gasteiger partial charge in [-0.05, 0) is 44.1 Å².